The number of para-hydroxylation sites is 1. The molecule has 0 bridgehead atoms. The summed E-state index contributed by atoms with van der Waals surface area (Å²) in [6.45, 7) is 5.33. The second kappa shape index (κ2) is 6.74. The van der Waals surface area contributed by atoms with Crippen LogP contribution in [0.4, 0.5) is 0 Å². The van der Waals surface area contributed by atoms with E-state index in [2.05, 4.69) is 4.90 Å². The Kier molecular flexibility index (Phi) is 4.98. The van der Waals surface area contributed by atoms with Crippen molar-refractivity contribution in [2.24, 2.45) is 0 Å². The Balaban J connectivity index is 2.36. The molecule has 0 aliphatic rings. The molecule has 114 valence electrons. The summed E-state index contributed by atoms with van der Waals surface area (Å²) >= 11 is 0. The van der Waals surface area contributed by atoms with Crippen molar-refractivity contribution >= 4 is 16.9 Å². The monoisotopic (exact) mass is 291 g/mol. The smallest absolute Gasteiger partial charge is 0.339 e. The standard InChI is InChI=1S/C16H21NO4/c1-11(2)17(8-5-9-18)10-14-15(16(19)20)12-6-3-4-7-13(12)21-14/h3-4,6-7,11,18H,5,8-10H2,1-2H3,(H,19,20). The van der Waals surface area contributed by atoms with Gasteiger partial charge in [-0.3, -0.25) is 4.90 Å². The highest BCUT2D eigenvalue weighted by Gasteiger charge is 2.22. The van der Waals surface area contributed by atoms with Gasteiger partial charge >= 0.3 is 5.97 Å². The molecule has 0 amide bonds. The Bertz CT molecular complexity index is 618. The van der Waals surface area contributed by atoms with Gasteiger partial charge in [-0.15, -0.1) is 0 Å². The molecule has 0 saturated carbocycles. The van der Waals surface area contributed by atoms with Crippen molar-refractivity contribution < 1.29 is 19.4 Å². The first-order valence-electron chi connectivity index (χ1n) is 7.13. The van der Waals surface area contributed by atoms with Gasteiger partial charge in [0, 0.05) is 24.6 Å². The van der Waals surface area contributed by atoms with Gasteiger partial charge in [-0.05, 0) is 26.3 Å². The molecule has 0 spiro atoms. The molecule has 0 atom stereocenters. The summed E-state index contributed by atoms with van der Waals surface area (Å²) in [6.07, 6.45) is 0.654. The number of benzene rings is 1. The largest absolute Gasteiger partial charge is 0.478 e. The molecule has 2 rings (SSSR count). The molecule has 0 fully saturated rings. The van der Waals surface area contributed by atoms with Crippen LogP contribution in [0.3, 0.4) is 0 Å². The lowest BCUT2D eigenvalue weighted by molar-refractivity contribution is 0.0693. The summed E-state index contributed by atoms with van der Waals surface area (Å²) in [5.74, 6) is -0.504. The molecule has 1 aromatic heterocycles. The van der Waals surface area contributed by atoms with Crippen LogP contribution in [-0.4, -0.2) is 40.3 Å². The van der Waals surface area contributed by atoms with Crippen molar-refractivity contribution in [2.75, 3.05) is 13.2 Å². The van der Waals surface area contributed by atoms with Crippen LogP contribution in [-0.2, 0) is 6.54 Å². The number of fused-ring (bicyclic) bond motifs is 1. The number of aromatic carboxylic acids is 1. The van der Waals surface area contributed by atoms with E-state index in [1.165, 1.54) is 0 Å². The lowest BCUT2D eigenvalue weighted by atomic mass is 10.1. The topological polar surface area (TPSA) is 73.9 Å². The minimum atomic E-state index is -0.971. The number of carbonyl (C=O) groups is 1. The predicted molar refractivity (Wildman–Crippen MR) is 80.4 cm³/mol. The second-order valence-electron chi connectivity index (χ2n) is 5.34. The Hall–Kier alpha value is -1.85. The van der Waals surface area contributed by atoms with E-state index in [4.69, 9.17) is 9.52 Å². The molecule has 21 heavy (non-hydrogen) atoms. The van der Waals surface area contributed by atoms with E-state index < -0.39 is 5.97 Å². The molecule has 0 saturated heterocycles. The molecule has 1 heterocycles. The third kappa shape index (κ3) is 3.43. The van der Waals surface area contributed by atoms with Crippen LogP contribution in [0.15, 0.2) is 28.7 Å². The zero-order valence-electron chi connectivity index (χ0n) is 12.4. The predicted octanol–water partition coefficient (Wildman–Crippen LogP) is 2.72. The quantitative estimate of drug-likeness (QED) is 0.820. The van der Waals surface area contributed by atoms with Gasteiger partial charge in [-0.25, -0.2) is 4.79 Å². The minimum Gasteiger partial charge on any atom is -0.478 e. The summed E-state index contributed by atoms with van der Waals surface area (Å²) in [4.78, 5) is 13.6. The Morgan fingerprint density at radius 2 is 2.05 bits per heavy atom. The average molecular weight is 291 g/mol. The first-order chi connectivity index (χ1) is 10.0. The third-order valence-electron chi connectivity index (χ3n) is 3.56. The number of hydrogen-bond acceptors (Lipinski definition) is 4. The number of carboxylic acids is 1. The Labute approximate surface area is 123 Å². The molecular formula is C16H21NO4. The van der Waals surface area contributed by atoms with Gasteiger partial charge in [-0.2, -0.15) is 0 Å². The van der Waals surface area contributed by atoms with Gasteiger partial charge in [0.05, 0.1) is 6.54 Å². The molecular weight excluding hydrogens is 270 g/mol. The molecule has 0 radical (unpaired) electrons. The van der Waals surface area contributed by atoms with E-state index in [-0.39, 0.29) is 18.2 Å². The molecule has 5 heteroatoms. The number of rotatable bonds is 7. The second-order valence-corrected chi connectivity index (χ2v) is 5.34. The number of aliphatic hydroxyl groups is 1. The molecule has 0 unspecified atom stereocenters. The van der Waals surface area contributed by atoms with Crippen molar-refractivity contribution in [1.82, 2.24) is 4.90 Å². The maximum atomic E-state index is 11.5. The summed E-state index contributed by atoms with van der Waals surface area (Å²) in [5.41, 5.74) is 0.830. The van der Waals surface area contributed by atoms with E-state index in [0.29, 0.717) is 36.2 Å². The molecule has 0 aliphatic carbocycles. The Morgan fingerprint density at radius 3 is 2.67 bits per heavy atom. The van der Waals surface area contributed by atoms with E-state index in [1.54, 1.807) is 18.2 Å². The SMILES string of the molecule is CC(C)N(CCCO)Cc1oc2ccccc2c1C(=O)O. The van der Waals surface area contributed by atoms with Gasteiger partial charge in [0.2, 0.25) is 0 Å². The average Bonchev–Trinajstić information content (AvgIpc) is 2.81. The fourth-order valence-electron chi connectivity index (χ4n) is 2.42. The minimum absolute atomic E-state index is 0.120. The third-order valence-corrected chi connectivity index (χ3v) is 3.56. The van der Waals surface area contributed by atoms with Crippen molar-refractivity contribution in [3.8, 4) is 0 Å². The van der Waals surface area contributed by atoms with Crippen LogP contribution in [0.25, 0.3) is 11.0 Å². The van der Waals surface area contributed by atoms with Crippen LogP contribution in [0.2, 0.25) is 0 Å². The van der Waals surface area contributed by atoms with Crippen molar-refractivity contribution in [2.45, 2.75) is 32.9 Å². The first kappa shape index (κ1) is 15.5. The van der Waals surface area contributed by atoms with E-state index >= 15 is 0 Å². The highest BCUT2D eigenvalue weighted by molar-refractivity contribution is 6.03. The highest BCUT2D eigenvalue weighted by atomic mass is 16.4. The number of hydrogen-bond donors (Lipinski definition) is 2. The van der Waals surface area contributed by atoms with Crippen molar-refractivity contribution in [1.29, 1.82) is 0 Å². The van der Waals surface area contributed by atoms with E-state index in [0.717, 1.165) is 0 Å². The van der Waals surface area contributed by atoms with Crippen molar-refractivity contribution in [3.63, 3.8) is 0 Å². The van der Waals surface area contributed by atoms with Gasteiger partial charge < -0.3 is 14.6 Å². The molecule has 1 aromatic carbocycles. The van der Waals surface area contributed by atoms with Gasteiger partial charge in [0.1, 0.15) is 16.9 Å². The lowest BCUT2D eigenvalue weighted by Crippen LogP contribution is -2.32. The van der Waals surface area contributed by atoms with Crippen LogP contribution in [0, 0.1) is 0 Å². The molecule has 5 nitrogen and oxygen atoms in total. The normalized spacial score (nSPS) is 11.7. The van der Waals surface area contributed by atoms with Gasteiger partial charge in [-0.1, -0.05) is 18.2 Å². The van der Waals surface area contributed by atoms with E-state index in [9.17, 15) is 9.90 Å². The maximum absolute atomic E-state index is 11.5. The van der Waals surface area contributed by atoms with Crippen molar-refractivity contribution in [3.05, 3.63) is 35.6 Å². The molecule has 2 N–H and O–H groups in total. The zero-order valence-corrected chi connectivity index (χ0v) is 12.4. The van der Waals surface area contributed by atoms with E-state index in [1.807, 2.05) is 19.9 Å². The lowest BCUT2D eigenvalue weighted by Gasteiger charge is -2.25. The number of aliphatic hydroxyl groups excluding tert-OH is 1. The summed E-state index contributed by atoms with van der Waals surface area (Å²) in [7, 11) is 0. The molecule has 0 aliphatic heterocycles. The number of furan rings is 1. The van der Waals surface area contributed by atoms with Crippen LogP contribution >= 0.6 is 0 Å². The number of nitrogens with zero attached hydrogens (tertiary/aromatic N) is 1. The van der Waals surface area contributed by atoms with Gasteiger partial charge in [0.15, 0.2) is 0 Å². The van der Waals surface area contributed by atoms with Crippen LogP contribution in [0.5, 0.6) is 0 Å². The number of carboxylic acid groups (broad SMARTS) is 1. The summed E-state index contributed by atoms with van der Waals surface area (Å²) < 4.78 is 5.74. The van der Waals surface area contributed by atoms with Crippen LogP contribution < -0.4 is 0 Å². The summed E-state index contributed by atoms with van der Waals surface area (Å²) in [6, 6.07) is 7.41. The zero-order chi connectivity index (χ0) is 15.4. The molecule has 2 aromatic rings. The van der Waals surface area contributed by atoms with Crippen LogP contribution in [0.1, 0.15) is 36.4 Å². The fraction of sp³-hybridized carbons (Fsp3) is 0.438. The van der Waals surface area contributed by atoms with Gasteiger partial charge in [0.25, 0.3) is 0 Å². The Morgan fingerprint density at radius 1 is 1.33 bits per heavy atom. The summed E-state index contributed by atoms with van der Waals surface area (Å²) in [5, 5.41) is 19.1. The highest BCUT2D eigenvalue weighted by Crippen LogP contribution is 2.27. The maximum Gasteiger partial charge on any atom is 0.339 e. The fourth-order valence-corrected chi connectivity index (χ4v) is 2.42. The first-order valence-corrected chi connectivity index (χ1v) is 7.13.